The number of benzene rings is 2. The van der Waals surface area contributed by atoms with Crippen LogP contribution in [0.2, 0.25) is 0 Å². The average molecular weight is 428 g/mol. The molecule has 9 nitrogen and oxygen atoms in total. The molecule has 0 spiro atoms. The van der Waals surface area contributed by atoms with Crippen molar-refractivity contribution in [2.45, 2.75) is 12.1 Å². The summed E-state index contributed by atoms with van der Waals surface area (Å²) in [6.45, 7) is 1.39. The fourth-order valence-corrected chi connectivity index (χ4v) is 3.08. The van der Waals surface area contributed by atoms with Crippen molar-refractivity contribution in [2.24, 2.45) is 0 Å². The van der Waals surface area contributed by atoms with Gasteiger partial charge in [-0.15, -0.1) is 10.2 Å². The van der Waals surface area contributed by atoms with Crippen molar-refractivity contribution in [3.8, 4) is 23.0 Å². The van der Waals surface area contributed by atoms with Crippen molar-refractivity contribution in [2.75, 3.05) is 30.6 Å². The molecule has 0 atom stereocenters. The Bertz CT molecular complexity index is 1040. The van der Waals surface area contributed by atoms with Crippen LogP contribution in [0.3, 0.4) is 0 Å². The van der Waals surface area contributed by atoms with E-state index in [1.807, 2.05) is 12.1 Å². The lowest BCUT2D eigenvalue weighted by Gasteiger charge is -2.11. The van der Waals surface area contributed by atoms with Crippen molar-refractivity contribution >= 4 is 35.0 Å². The van der Waals surface area contributed by atoms with Crippen molar-refractivity contribution in [3.05, 3.63) is 42.5 Å². The molecular weight excluding hydrogens is 408 g/mol. The largest absolute Gasteiger partial charge is 0.497 e. The number of thioether (sulfide) groups is 1. The van der Waals surface area contributed by atoms with Crippen LogP contribution in [0.1, 0.15) is 6.92 Å². The van der Waals surface area contributed by atoms with Crippen LogP contribution in [0.4, 0.5) is 11.4 Å². The molecule has 1 aromatic heterocycles. The normalized spacial score (nSPS) is 10.4. The number of carbonyl (C=O) groups is 2. The number of hydrogen-bond acceptors (Lipinski definition) is 8. The van der Waals surface area contributed by atoms with Crippen LogP contribution in [0, 0.1) is 0 Å². The molecule has 3 aromatic rings. The van der Waals surface area contributed by atoms with Crippen molar-refractivity contribution < 1.29 is 23.5 Å². The number of nitrogens with zero attached hydrogens (tertiary/aromatic N) is 2. The second kappa shape index (κ2) is 9.79. The van der Waals surface area contributed by atoms with E-state index in [0.717, 1.165) is 23.1 Å². The molecule has 0 fully saturated rings. The Hall–Kier alpha value is -3.53. The lowest BCUT2D eigenvalue weighted by Crippen LogP contribution is -2.14. The van der Waals surface area contributed by atoms with Gasteiger partial charge >= 0.3 is 0 Å². The van der Waals surface area contributed by atoms with Gasteiger partial charge in [-0.25, -0.2) is 0 Å². The van der Waals surface area contributed by atoms with Crippen LogP contribution in [0.5, 0.6) is 11.5 Å². The molecule has 0 aliphatic carbocycles. The smallest absolute Gasteiger partial charge is 0.277 e. The number of aromatic nitrogens is 2. The van der Waals surface area contributed by atoms with E-state index in [0.29, 0.717) is 23.0 Å². The molecule has 0 saturated carbocycles. The Morgan fingerprint density at radius 3 is 2.47 bits per heavy atom. The number of carbonyl (C=O) groups excluding carboxylic acids is 2. The fourth-order valence-electron chi connectivity index (χ4n) is 2.52. The number of hydrogen-bond donors (Lipinski definition) is 2. The number of nitrogens with one attached hydrogen (secondary N) is 2. The molecule has 0 aliphatic heterocycles. The highest BCUT2D eigenvalue weighted by Gasteiger charge is 2.13. The van der Waals surface area contributed by atoms with E-state index in [9.17, 15) is 9.59 Å². The second-order valence-corrected chi connectivity index (χ2v) is 6.96. The topological polar surface area (TPSA) is 116 Å². The number of amides is 2. The Morgan fingerprint density at radius 2 is 1.80 bits per heavy atom. The Kier molecular flexibility index (Phi) is 6.91. The lowest BCUT2D eigenvalue weighted by molar-refractivity contribution is -0.114. The minimum atomic E-state index is -0.261. The number of anilines is 2. The molecule has 0 aliphatic rings. The highest BCUT2D eigenvalue weighted by atomic mass is 32.2. The molecule has 30 heavy (non-hydrogen) atoms. The van der Waals surface area contributed by atoms with Gasteiger partial charge in [-0.3, -0.25) is 9.59 Å². The minimum absolute atomic E-state index is 0.0751. The summed E-state index contributed by atoms with van der Waals surface area (Å²) in [5, 5.41) is 13.7. The fraction of sp³-hybridized carbons (Fsp3) is 0.200. The first-order valence-electron chi connectivity index (χ1n) is 8.84. The Morgan fingerprint density at radius 1 is 1.03 bits per heavy atom. The predicted octanol–water partition coefficient (Wildman–Crippen LogP) is 3.44. The Balaban J connectivity index is 1.58. The first-order valence-corrected chi connectivity index (χ1v) is 9.83. The van der Waals surface area contributed by atoms with Crippen molar-refractivity contribution in [1.82, 2.24) is 10.2 Å². The maximum atomic E-state index is 12.3. The van der Waals surface area contributed by atoms with E-state index in [4.69, 9.17) is 13.9 Å². The molecule has 156 valence electrons. The Labute approximate surface area is 177 Å². The van der Waals surface area contributed by atoms with Gasteiger partial charge in [0.05, 0.1) is 25.7 Å². The summed E-state index contributed by atoms with van der Waals surface area (Å²) in [5.41, 5.74) is 1.74. The van der Waals surface area contributed by atoms with Gasteiger partial charge in [0.1, 0.15) is 11.5 Å². The third-order valence-corrected chi connectivity index (χ3v) is 4.68. The summed E-state index contributed by atoms with van der Waals surface area (Å²) in [6, 6.07) is 12.2. The zero-order chi connectivity index (χ0) is 21.5. The average Bonchev–Trinajstić information content (AvgIpc) is 3.21. The van der Waals surface area contributed by atoms with Crippen LogP contribution in [0.15, 0.2) is 52.1 Å². The molecule has 2 amide bonds. The summed E-state index contributed by atoms with van der Waals surface area (Å²) in [4.78, 5) is 23.6. The molecule has 2 aromatic carbocycles. The summed E-state index contributed by atoms with van der Waals surface area (Å²) in [6.07, 6.45) is 0. The second-order valence-electron chi connectivity index (χ2n) is 6.03. The molecule has 0 unspecified atom stereocenters. The van der Waals surface area contributed by atoms with E-state index >= 15 is 0 Å². The van der Waals surface area contributed by atoms with Crippen LogP contribution < -0.4 is 20.1 Å². The third-order valence-electron chi connectivity index (χ3n) is 3.86. The summed E-state index contributed by atoms with van der Waals surface area (Å²) in [7, 11) is 3.09. The molecule has 3 rings (SSSR count). The monoisotopic (exact) mass is 428 g/mol. The van der Waals surface area contributed by atoms with E-state index < -0.39 is 0 Å². The highest BCUT2D eigenvalue weighted by Crippen LogP contribution is 2.28. The summed E-state index contributed by atoms with van der Waals surface area (Å²) in [5.74, 6) is 1.15. The van der Waals surface area contributed by atoms with Gasteiger partial charge in [0.2, 0.25) is 17.7 Å². The SMILES string of the molecule is COc1ccc(-c2nnc(SCC(=O)Nc3ccc(OC)c(NC(C)=O)c3)o2)cc1. The maximum Gasteiger partial charge on any atom is 0.277 e. The first-order chi connectivity index (χ1) is 14.5. The van der Waals surface area contributed by atoms with Gasteiger partial charge in [-0.2, -0.15) is 0 Å². The van der Waals surface area contributed by atoms with Crippen molar-refractivity contribution in [1.29, 1.82) is 0 Å². The maximum absolute atomic E-state index is 12.3. The van der Waals surface area contributed by atoms with Gasteiger partial charge in [-0.05, 0) is 42.5 Å². The van der Waals surface area contributed by atoms with Gasteiger partial charge in [-0.1, -0.05) is 11.8 Å². The zero-order valence-corrected chi connectivity index (χ0v) is 17.4. The molecule has 10 heteroatoms. The molecule has 1 heterocycles. The number of rotatable bonds is 8. The third kappa shape index (κ3) is 5.51. The van der Waals surface area contributed by atoms with E-state index in [2.05, 4.69) is 20.8 Å². The van der Waals surface area contributed by atoms with Crippen LogP contribution in [-0.4, -0.2) is 42.0 Å². The van der Waals surface area contributed by atoms with Crippen LogP contribution in [-0.2, 0) is 9.59 Å². The highest BCUT2D eigenvalue weighted by molar-refractivity contribution is 7.99. The van der Waals surface area contributed by atoms with E-state index in [1.54, 1.807) is 37.4 Å². The molecule has 0 bridgehead atoms. The summed E-state index contributed by atoms with van der Waals surface area (Å²) < 4.78 is 15.9. The van der Waals surface area contributed by atoms with E-state index in [-0.39, 0.29) is 22.8 Å². The van der Waals surface area contributed by atoms with E-state index in [1.165, 1.54) is 14.0 Å². The van der Waals surface area contributed by atoms with Gasteiger partial charge in [0.15, 0.2) is 0 Å². The number of methoxy groups -OCH3 is 2. The standard InChI is InChI=1S/C20H20N4O5S/c1-12(25)21-16-10-14(6-9-17(16)28-3)22-18(26)11-30-20-24-23-19(29-20)13-4-7-15(27-2)8-5-13/h4-10H,11H2,1-3H3,(H,21,25)(H,22,26). The number of ether oxygens (including phenoxy) is 2. The molecule has 2 N–H and O–H groups in total. The zero-order valence-electron chi connectivity index (χ0n) is 16.6. The quantitative estimate of drug-likeness (QED) is 0.524. The molecule has 0 saturated heterocycles. The molecular formula is C20H20N4O5S. The van der Waals surface area contributed by atoms with Crippen molar-refractivity contribution in [3.63, 3.8) is 0 Å². The van der Waals surface area contributed by atoms with Gasteiger partial charge in [0.25, 0.3) is 5.22 Å². The predicted molar refractivity (Wildman–Crippen MR) is 113 cm³/mol. The van der Waals surface area contributed by atoms with Gasteiger partial charge < -0.3 is 24.5 Å². The minimum Gasteiger partial charge on any atom is -0.497 e. The van der Waals surface area contributed by atoms with Crippen LogP contribution in [0.25, 0.3) is 11.5 Å². The lowest BCUT2D eigenvalue weighted by atomic mass is 10.2. The molecule has 0 radical (unpaired) electrons. The van der Waals surface area contributed by atoms with Gasteiger partial charge in [0, 0.05) is 18.2 Å². The van der Waals surface area contributed by atoms with Crippen LogP contribution >= 0.6 is 11.8 Å². The summed E-state index contributed by atoms with van der Waals surface area (Å²) >= 11 is 1.12. The first kappa shape index (κ1) is 21.2.